The van der Waals surface area contributed by atoms with Crippen LogP contribution in [0.25, 0.3) is 0 Å². The van der Waals surface area contributed by atoms with Crippen LogP contribution in [0.3, 0.4) is 0 Å². The number of nitrogens with zero attached hydrogens (tertiary/aromatic N) is 1. The Labute approximate surface area is 85.3 Å². The van der Waals surface area contributed by atoms with Crippen LogP contribution in [-0.2, 0) is 10.0 Å². The van der Waals surface area contributed by atoms with Crippen LogP contribution < -0.4 is 4.72 Å². The topological polar surface area (TPSA) is 49.4 Å². The number of sulfonamides is 1. The Bertz CT molecular complexity index is 229. The van der Waals surface area contributed by atoms with Crippen molar-refractivity contribution in [2.75, 3.05) is 25.3 Å². The quantitative estimate of drug-likeness (QED) is 0.672. The normalized spacial score (nSPS) is 12.8. The summed E-state index contributed by atoms with van der Waals surface area (Å²) in [4.78, 5) is 2.05. The number of alkyl halides is 1. The van der Waals surface area contributed by atoms with E-state index in [1.807, 2.05) is 7.05 Å². The Morgan fingerprint density at radius 3 is 2.38 bits per heavy atom. The molecule has 0 aliphatic rings. The summed E-state index contributed by atoms with van der Waals surface area (Å²) in [6, 6.07) is 0.417. The van der Waals surface area contributed by atoms with E-state index >= 15 is 0 Å². The van der Waals surface area contributed by atoms with Crippen LogP contribution in [-0.4, -0.2) is 44.7 Å². The lowest BCUT2D eigenvalue weighted by atomic mass is 10.3. The molecular formula is C7H17ClN2O2S. The number of hydrogen-bond acceptors (Lipinski definition) is 3. The fourth-order valence-electron chi connectivity index (χ4n) is 0.674. The molecule has 0 saturated carbocycles. The molecule has 0 aromatic rings. The second kappa shape index (κ2) is 5.80. The van der Waals surface area contributed by atoms with Gasteiger partial charge < -0.3 is 4.90 Å². The van der Waals surface area contributed by atoms with Crippen molar-refractivity contribution >= 4 is 21.6 Å². The number of hydrogen-bond donors (Lipinski definition) is 1. The third-order valence-corrected chi connectivity index (χ3v) is 3.60. The molecule has 0 saturated heterocycles. The molecule has 0 heterocycles. The van der Waals surface area contributed by atoms with E-state index in [-0.39, 0.29) is 5.21 Å². The van der Waals surface area contributed by atoms with Crippen LogP contribution in [0.4, 0.5) is 0 Å². The highest BCUT2D eigenvalue weighted by Crippen LogP contribution is 1.92. The molecule has 4 nitrogen and oxygen atoms in total. The molecule has 1 N–H and O–H groups in total. The van der Waals surface area contributed by atoms with E-state index in [4.69, 9.17) is 11.6 Å². The largest absolute Gasteiger partial charge is 0.303 e. The molecule has 0 aliphatic carbocycles. The Hall–Kier alpha value is 0.160. The minimum absolute atomic E-state index is 0.377. The minimum atomic E-state index is -3.25. The van der Waals surface area contributed by atoms with E-state index in [9.17, 15) is 8.42 Å². The number of nitrogens with one attached hydrogen (secondary N) is 1. The molecule has 0 atom stereocenters. The average Bonchev–Trinajstić information content (AvgIpc) is 2.04. The van der Waals surface area contributed by atoms with Crippen LogP contribution in [0, 0.1) is 0 Å². The van der Waals surface area contributed by atoms with Crippen LogP contribution in [0.5, 0.6) is 0 Å². The molecule has 6 heteroatoms. The Morgan fingerprint density at radius 2 is 2.00 bits per heavy atom. The van der Waals surface area contributed by atoms with Gasteiger partial charge in [0.05, 0.1) is 0 Å². The van der Waals surface area contributed by atoms with Gasteiger partial charge in [-0.05, 0) is 20.9 Å². The zero-order chi connectivity index (χ0) is 10.5. The summed E-state index contributed by atoms with van der Waals surface area (Å²) in [5.74, 6) is 0. The van der Waals surface area contributed by atoms with Gasteiger partial charge in [0.1, 0.15) is 5.21 Å². The van der Waals surface area contributed by atoms with E-state index < -0.39 is 10.0 Å². The lowest BCUT2D eigenvalue weighted by Crippen LogP contribution is -2.36. The van der Waals surface area contributed by atoms with Crippen molar-refractivity contribution in [2.24, 2.45) is 0 Å². The maximum atomic E-state index is 10.9. The van der Waals surface area contributed by atoms with Gasteiger partial charge in [-0.1, -0.05) is 0 Å². The van der Waals surface area contributed by atoms with E-state index in [1.54, 1.807) is 0 Å². The second-order valence-electron chi connectivity index (χ2n) is 3.19. The first-order valence-corrected chi connectivity index (χ1v) is 6.31. The van der Waals surface area contributed by atoms with E-state index in [1.165, 1.54) is 0 Å². The summed E-state index contributed by atoms with van der Waals surface area (Å²) < 4.78 is 24.2. The lowest BCUT2D eigenvalue weighted by Gasteiger charge is -2.20. The van der Waals surface area contributed by atoms with Crippen molar-refractivity contribution in [2.45, 2.75) is 19.9 Å². The van der Waals surface area contributed by atoms with Gasteiger partial charge in [0.25, 0.3) is 0 Å². The molecule has 0 bridgehead atoms. The Kier molecular flexibility index (Phi) is 5.87. The average molecular weight is 229 g/mol. The first-order chi connectivity index (χ1) is 5.89. The van der Waals surface area contributed by atoms with Crippen molar-refractivity contribution in [3.8, 4) is 0 Å². The zero-order valence-corrected chi connectivity index (χ0v) is 9.82. The summed E-state index contributed by atoms with van der Waals surface area (Å²) >= 11 is 5.21. The van der Waals surface area contributed by atoms with E-state index in [0.29, 0.717) is 19.1 Å². The van der Waals surface area contributed by atoms with Gasteiger partial charge >= 0.3 is 0 Å². The predicted molar refractivity (Wildman–Crippen MR) is 55.4 cm³/mol. The Balaban J connectivity index is 3.69. The molecular weight excluding hydrogens is 212 g/mol. The second-order valence-corrected chi connectivity index (χ2v) is 5.58. The smallest absolute Gasteiger partial charge is 0.225 e. The maximum Gasteiger partial charge on any atom is 0.225 e. The van der Waals surface area contributed by atoms with Crippen molar-refractivity contribution in [1.29, 1.82) is 0 Å². The highest BCUT2D eigenvalue weighted by Gasteiger charge is 2.08. The molecule has 0 aromatic heterocycles. The summed E-state index contributed by atoms with van der Waals surface area (Å²) in [5, 5.41) is -0.377. The van der Waals surface area contributed by atoms with E-state index in [0.717, 1.165) is 0 Å². The van der Waals surface area contributed by atoms with Gasteiger partial charge in [-0.15, -0.1) is 11.6 Å². The standard InChI is InChI=1S/C7H17ClN2O2S/c1-7(2)10(3)5-4-9-13(11,12)6-8/h7,9H,4-6H2,1-3H3. The first kappa shape index (κ1) is 13.2. The molecule has 80 valence electrons. The maximum absolute atomic E-state index is 10.9. The summed E-state index contributed by atoms with van der Waals surface area (Å²) in [5.41, 5.74) is 0. The van der Waals surface area contributed by atoms with Gasteiger partial charge in [0.2, 0.25) is 10.0 Å². The van der Waals surface area contributed by atoms with E-state index in [2.05, 4.69) is 23.5 Å². The zero-order valence-electron chi connectivity index (χ0n) is 8.25. The highest BCUT2D eigenvalue weighted by molar-refractivity contribution is 7.90. The van der Waals surface area contributed by atoms with Crippen LogP contribution in [0.1, 0.15) is 13.8 Å². The molecule has 0 fully saturated rings. The third-order valence-electron chi connectivity index (χ3n) is 1.81. The molecule has 0 spiro atoms. The summed E-state index contributed by atoms with van der Waals surface area (Å²) in [6.07, 6.45) is 0. The SMILES string of the molecule is CC(C)N(C)CCNS(=O)(=O)CCl. The molecule has 0 unspecified atom stereocenters. The van der Waals surface area contributed by atoms with Gasteiger partial charge in [-0.3, -0.25) is 0 Å². The molecule has 0 radical (unpaired) electrons. The van der Waals surface area contributed by atoms with Crippen molar-refractivity contribution < 1.29 is 8.42 Å². The highest BCUT2D eigenvalue weighted by atomic mass is 35.5. The lowest BCUT2D eigenvalue weighted by molar-refractivity contribution is 0.278. The summed E-state index contributed by atoms with van der Waals surface area (Å²) in [7, 11) is -1.31. The fraction of sp³-hybridized carbons (Fsp3) is 1.00. The van der Waals surface area contributed by atoms with Crippen molar-refractivity contribution in [1.82, 2.24) is 9.62 Å². The molecule has 0 aromatic carbocycles. The molecule has 0 rings (SSSR count). The third kappa shape index (κ3) is 6.26. The van der Waals surface area contributed by atoms with Crippen molar-refractivity contribution in [3.05, 3.63) is 0 Å². The monoisotopic (exact) mass is 228 g/mol. The number of likely N-dealkylation sites (N-methyl/N-ethyl adjacent to an activating group) is 1. The predicted octanol–water partition coefficient (Wildman–Crippen LogP) is 0.442. The molecule has 0 amide bonds. The van der Waals surface area contributed by atoms with Crippen molar-refractivity contribution in [3.63, 3.8) is 0 Å². The van der Waals surface area contributed by atoms with Gasteiger partial charge in [-0.25, -0.2) is 13.1 Å². The molecule has 0 aliphatic heterocycles. The number of rotatable bonds is 6. The molecule has 13 heavy (non-hydrogen) atoms. The van der Waals surface area contributed by atoms with Crippen LogP contribution in [0.15, 0.2) is 0 Å². The van der Waals surface area contributed by atoms with Crippen LogP contribution in [0.2, 0.25) is 0 Å². The van der Waals surface area contributed by atoms with Gasteiger partial charge in [0.15, 0.2) is 0 Å². The first-order valence-electron chi connectivity index (χ1n) is 4.12. The number of halogens is 1. The van der Waals surface area contributed by atoms with Gasteiger partial charge in [-0.2, -0.15) is 0 Å². The Morgan fingerprint density at radius 1 is 1.46 bits per heavy atom. The summed E-state index contributed by atoms with van der Waals surface area (Å²) in [6.45, 7) is 5.20. The fourth-order valence-corrected chi connectivity index (χ4v) is 1.39. The van der Waals surface area contributed by atoms with Gasteiger partial charge in [0, 0.05) is 19.1 Å². The minimum Gasteiger partial charge on any atom is -0.303 e. The van der Waals surface area contributed by atoms with Crippen LogP contribution >= 0.6 is 11.6 Å².